The van der Waals surface area contributed by atoms with Crippen molar-refractivity contribution in [3.8, 4) is 5.75 Å². The highest BCUT2D eigenvalue weighted by Gasteiger charge is 2.40. The Morgan fingerprint density at radius 1 is 1.34 bits per heavy atom. The third-order valence-electron chi connectivity index (χ3n) is 5.58. The standard InChI is InChI=1S/C22H26F2N6O5/c1-22(23,24)12-26-20(33)16-2-3-17-19(27-16)30(13-5-7-29(17)9-13)21(34)28-18-8-15(4-6-25-18)35-11-14(32)10-31/h2-4,6,8,13-14,31-32H,5,7,9-12H2,1H3,(H,26,33)(H,25,28,34)/t13?,14-/m1/s1. The fourth-order valence-corrected chi connectivity index (χ4v) is 3.91. The molecule has 0 aromatic carbocycles. The Morgan fingerprint density at radius 2 is 2.14 bits per heavy atom. The first-order valence-corrected chi connectivity index (χ1v) is 11.0. The van der Waals surface area contributed by atoms with Crippen molar-refractivity contribution in [2.75, 3.05) is 48.0 Å². The quantitative estimate of drug-likeness (QED) is 0.431. The molecule has 13 heteroatoms. The molecule has 0 spiro atoms. The van der Waals surface area contributed by atoms with E-state index in [4.69, 9.17) is 9.84 Å². The molecule has 1 unspecified atom stereocenters. The number of rotatable bonds is 8. The Morgan fingerprint density at radius 3 is 2.89 bits per heavy atom. The average molecular weight is 492 g/mol. The van der Waals surface area contributed by atoms with Crippen molar-refractivity contribution in [3.05, 3.63) is 36.2 Å². The van der Waals surface area contributed by atoms with Gasteiger partial charge in [0, 0.05) is 32.3 Å². The normalized spacial score (nSPS) is 17.6. The molecule has 2 bridgehead atoms. The van der Waals surface area contributed by atoms with Crippen LogP contribution in [0.3, 0.4) is 0 Å². The molecule has 2 aromatic heterocycles. The zero-order valence-corrected chi connectivity index (χ0v) is 18.9. The lowest BCUT2D eigenvalue weighted by Crippen LogP contribution is -2.48. The molecule has 11 nitrogen and oxygen atoms in total. The van der Waals surface area contributed by atoms with E-state index in [1.807, 2.05) is 0 Å². The maximum absolute atomic E-state index is 13.3. The molecule has 2 atom stereocenters. The molecule has 2 aliphatic rings. The van der Waals surface area contributed by atoms with Gasteiger partial charge in [-0.1, -0.05) is 0 Å². The van der Waals surface area contributed by atoms with Gasteiger partial charge in [-0.05, 0) is 24.6 Å². The van der Waals surface area contributed by atoms with Crippen molar-refractivity contribution in [1.82, 2.24) is 15.3 Å². The summed E-state index contributed by atoms with van der Waals surface area (Å²) >= 11 is 0. The lowest BCUT2D eigenvalue weighted by atomic mass is 10.1. The molecule has 2 aliphatic heterocycles. The number of amides is 3. The van der Waals surface area contributed by atoms with Crippen molar-refractivity contribution in [2.45, 2.75) is 31.4 Å². The van der Waals surface area contributed by atoms with Crippen molar-refractivity contribution in [2.24, 2.45) is 0 Å². The summed E-state index contributed by atoms with van der Waals surface area (Å²) in [5, 5.41) is 23.2. The maximum Gasteiger partial charge on any atom is 0.329 e. The molecular formula is C22H26F2N6O5. The molecule has 0 aliphatic carbocycles. The number of urea groups is 1. The van der Waals surface area contributed by atoms with Crippen LogP contribution in [0.2, 0.25) is 0 Å². The minimum Gasteiger partial charge on any atom is -0.491 e. The van der Waals surface area contributed by atoms with E-state index in [0.717, 1.165) is 0 Å². The lowest BCUT2D eigenvalue weighted by Gasteiger charge is -2.35. The molecule has 3 amide bonds. The van der Waals surface area contributed by atoms with Crippen LogP contribution in [0.15, 0.2) is 30.5 Å². The Balaban J connectivity index is 1.53. The van der Waals surface area contributed by atoms with Crippen LogP contribution in [0.25, 0.3) is 0 Å². The maximum atomic E-state index is 13.3. The van der Waals surface area contributed by atoms with Crippen molar-refractivity contribution in [3.63, 3.8) is 0 Å². The van der Waals surface area contributed by atoms with Gasteiger partial charge in [-0.25, -0.2) is 23.5 Å². The minimum atomic E-state index is -3.07. The van der Waals surface area contributed by atoms with Crippen molar-refractivity contribution in [1.29, 1.82) is 0 Å². The van der Waals surface area contributed by atoms with Gasteiger partial charge in [0.25, 0.3) is 11.8 Å². The summed E-state index contributed by atoms with van der Waals surface area (Å²) in [6.07, 6.45) is 1.06. The van der Waals surface area contributed by atoms with E-state index in [1.165, 1.54) is 29.3 Å². The molecule has 2 aromatic rings. The molecular weight excluding hydrogens is 466 g/mol. The Labute approximate surface area is 199 Å². The Bertz CT molecular complexity index is 1100. The fraction of sp³-hybridized carbons (Fsp3) is 0.455. The SMILES string of the molecule is CC(F)(F)CNC(=O)c1ccc2c(n1)N(C(=O)Nc1cc(OC[C@H](O)CO)ccn1)C1CCN2C1. The fourth-order valence-electron chi connectivity index (χ4n) is 3.91. The van der Waals surface area contributed by atoms with E-state index >= 15 is 0 Å². The monoisotopic (exact) mass is 492 g/mol. The number of ether oxygens (including phenoxy) is 1. The van der Waals surface area contributed by atoms with Gasteiger partial charge in [0.2, 0.25) is 0 Å². The van der Waals surface area contributed by atoms with Gasteiger partial charge in [0.1, 0.15) is 30.0 Å². The molecule has 35 heavy (non-hydrogen) atoms. The molecule has 1 saturated heterocycles. The van der Waals surface area contributed by atoms with Gasteiger partial charge in [-0.2, -0.15) is 0 Å². The molecule has 188 valence electrons. The number of halogens is 2. The highest BCUT2D eigenvalue weighted by molar-refractivity contribution is 6.05. The molecule has 4 heterocycles. The van der Waals surface area contributed by atoms with Crippen LogP contribution in [0.4, 0.5) is 30.9 Å². The summed E-state index contributed by atoms with van der Waals surface area (Å²) in [5.74, 6) is -3.06. The lowest BCUT2D eigenvalue weighted by molar-refractivity contribution is 0.0220. The number of carbonyl (C=O) groups is 2. The van der Waals surface area contributed by atoms with Crippen molar-refractivity contribution >= 4 is 29.3 Å². The smallest absolute Gasteiger partial charge is 0.329 e. The van der Waals surface area contributed by atoms with E-state index in [9.17, 15) is 23.5 Å². The number of pyridine rings is 2. The predicted molar refractivity (Wildman–Crippen MR) is 122 cm³/mol. The van der Waals surface area contributed by atoms with E-state index in [0.29, 0.717) is 37.9 Å². The first-order chi connectivity index (χ1) is 16.6. The second-order valence-corrected chi connectivity index (χ2v) is 8.50. The van der Waals surface area contributed by atoms with Crippen LogP contribution >= 0.6 is 0 Å². The summed E-state index contributed by atoms with van der Waals surface area (Å²) in [5.41, 5.74) is 0.582. The van der Waals surface area contributed by atoms with Crippen LogP contribution < -0.4 is 25.2 Å². The number of nitrogens with zero attached hydrogens (tertiary/aromatic N) is 4. The Hall–Kier alpha value is -3.58. The van der Waals surface area contributed by atoms with Gasteiger partial charge < -0.3 is 25.2 Å². The predicted octanol–water partition coefficient (Wildman–Crippen LogP) is 1.22. The number of anilines is 3. The summed E-state index contributed by atoms with van der Waals surface area (Å²) in [4.78, 5) is 37.6. The van der Waals surface area contributed by atoms with Gasteiger partial charge in [0.05, 0.1) is 24.9 Å². The molecule has 0 saturated carbocycles. The van der Waals surface area contributed by atoms with Crippen LogP contribution in [0, 0.1) is 0 Å². The minimum absolute atomic E-state index is 0.0794. The number of aliphatic hydroxyl groups excluding tert-OH is 2. The topological polar surface area (TPSA) is 140 Å². The van der Waals surface area contributed by atoms with E-state index in [-0.39, 0.29) is 30.0 Å². The third-order valence-corrected chi connectivity index (χ3v) is 5.58. The van der Waals surface area contributed by atoms with E-state index in [2.05, 4.69) is 25.5 Å². The average Bonchev–Trinajstić information content (AvgIpc) is 3.24. The summed E-state index contributed by atoms with van der Waals surface area (Å²) in [6, 6.07) is 5.38. The first-order valence-electron chi connectivity index (χ1n) is 11.0. The van der Waals surface area contributed by atoms with Crippen LogP contribution in [-0.4, -0.2) is 83.0 Å². The molecule has 0 radical (unpaired) electrons. The van der Waals surface area contributed by atoms with E-state index < -0.39 is 37.1 Å². The van der Waals surface area contributed by atoms with Crippen LogP contribution in [0.1, 0.15) is 23.8 Å². The highest BCUT2D eigenvalue weighted by Crippen LogP contribution is 2.39. The first kappa shape index (κ1) is 24.5. The Kier molecular flexibility index (Phi) is 6.98. The van der Waals surface area contributed by atoms with Crippen LogP contribution in [-0.2, 0) is 0 Å². The third kappa shape index (κ3) is 5.74. The van der Waals surface area contributed by atoms with Gasteiger partial charge in [-0.15, -0.1) is 0 Å². The number of alkyl halides is 2. The highest BCUT2D eigenvalue weighted by atomic mass is 19.3. The van der Waals surface area contributed by atoms with Gasteiger partial charge >= 0.3 is 6.03 Å². The number of aliphatic hydroxyl groups is 2. The largest absolute Gasteiger partial charge is 0.491 e. The molecule has 4 rings (SSSR count). The summed E-state index contributed by atoms with van der Waals surface area (Å²) in [7, 11) is 0. The summed E-state index contributed by atoms with van der Waals surface area (Å²) < 4.78 is 31.7. The second kappa shape index (κ2) is 9.96. The number of aromatic nitrogens is 2. The van der Waals surface area contributed by atoms with Crippen LogP contribution in [0.5, 0.6) is 5.75 Å². The zero-order chi connectivity index (χ0) is 25.2. The summed E-state index contributed by atoms with van der Waals surface area (Å²) in [6.45, 7) is 0.576. The number of hydrogen-bond donors (Lipinski definition) is 4. The zero-order valence-electron chi connectivity index (χ0n) is 18.9. The second-order valence-electron chi connectivity index (χ2n) is 8.50. The number of carbonyl (C=O) groups excluding carboxylic acids is 2. The van der Waals surface area contributed by atoms with Crippen molar-refractivity contribution < 1.29 is 33.3 Å². The van der Waals surface area contributed by atoms with Gasteiger partial charge in [-0.3, -0.25) is 15.0 Å². The van der Waals surface area contributed by atoms with E-state index in [1.54, 1.807) is 6.07 Å². The number of nitrogens with one attached hydrogen (secondary N) is 2. The number of fused-ring (bicyclic) bond motifs is 4. The molecule has 4 N–H and O–H groups in total. The number of hydrogen-bond acceptors (Lipinski definition) is 8. The molecule has 1 fully saturated rings. The van der Waals surface area contributed by atoms with Gasteiger partial charge in [0.15, 0.2) is 5.82 Å².